The largest absolute Gasteiger partial charge is 0.352 e. The highest BCUT2D eigenvalue weighted by molar-refractivity contribution is 6.21. The van der Waals surface area contributed by atoms with Crippen LogP contribution in [-0.4, -0.2) is 17.3 Å². The highest BCUT2D eigenvalue weighted by atomic mass is 35.5. The number of hydrogen-bond acceptors (Lipinski definition) is 1. The molecular weight excluding hydrogens is 210 g/mol. The summed E-state index contributed by atoms with van der Waals surface area (Å²) in [6.45, 7) is 0. The summed E-state index contributed by atoms with van der Waals surface area (Å²) in [7, 11) is 0. The lowest BCUT2D eigenvalue weighted by Crippen LogP contribution is -2.40. The normalized spacial score (nSPS) is 32.1. The lowest BCUT2D eigenvalue weighted by atomic mass is 10.1. The molecule has 1 N–H and O–H groups in total. The van der Waals surface area contributed by atoms with Gasteiger partial charge in [-0.25, -0.2) is 0 Å². The summed E-state index contributed by atoms with van der Waals surface area (Å²) in [5, 5.41) is 3.26. The zero-order valence-corrected chi connectivity index (χ0v) is 9.93. The highest BCUT2D eigenvalue weighted by Gasteiger charge is 2.27. The Morgan fingerprint density at radius 3 is 2.60 bits per heavy atom. The summed E-state index contributed by atoms with van der Waals surface area (Å²) < 4.78 is 0. The number of halogens is 1. The lowest BCUT2D eigenvalue weighted by molar-refractivity contribution is -0.122. The van der Waals surface area contributed by atoms with E-state index >= 15 is 0 Å². The minimum atomic E-state index is 0.149. The molecule has 0 heterocycles. The number of carbonyl (C=O) groups is 1. The van der Waals surface area contributed by atoms with Crippen molar-refractivity contribution in [2.75, 3.05) is 0 Å². The molecule has 2 fully saturated rings. The van der Waals surface area contributed by atoms with E-state index in [4.69, 9.17) is 11.6 Å². The van der Waals surface area contributed by atoms with Crippen molar-refractivity contribution in [3.05, 3.63) is 0 Å². The monoisotopic (exact) mass is 229 g/mol. The molecule has 2 unspecified atom stereocenters. The Labute approximate surface area is 96.8 Å². The fourth-order valence-electron chi connectivity index (χ4n) is 2.27. The van der Waals surface area contributed by atoms with Crippen molar-refractivity contribution in [1.29, 1.82) is 0 Å². The summed E-state index contributed by atoms with van der Waals surface area (Å²) in [5.74, 6) is 0.889. The summed E-state index contributed by atoms with van der Waals surface area (Å²) in [4.78, 5) is 11.6. The quantitative estimate of drug-likeness (QED) is 0.585. The van der Waals surface area contributed by atoms with Gasteiger partial charge in [-0.05, 0) is 31.6 Å². The summed E-state index contributed by atoms with van der Waals surface area (Å²) in [5.41, 5.74) is 0. The predicted molar refractivity (Wildman–Crippen MR) is 62.0 cm³/mol. The first-order valence-corrected chi connectivity index (χ1v) is 6.63. The molecule has 2 atom stereocenters. The number of hydrogen-bond donors (Lipinski definition) is 1. The second kappa shape index (κ2) is 5.20. The minimum absolute atomic E-state index is 0.149. The van der Waals surface area contributed by atoms with Crippen molar-refractivity contribution in [1.82, 2.24) is 5.32 Å². The molecule has 2 aliphatic rings. The first-order valence-electron chi connectivity index (χ1n) is 6.19. The van der Waals surface area contributed by atoms with E-state index in [9.17, 15) is 4.79 Å². The molecule has 2 rings (SSSR count). The topological polar surface area (TPSA) is 29.1 Å². The van der Waals surface area contributed by atoms with Crippen molar-refractivity contribution in [2.24, 2.45) is 5.92 Å². The minimum Gasteiger partial charge on any atom is -0.352 e. The average molecular weight is 230 g/mol. The van der Waals surface area contributed by atoms with Crippen LogP contribution >= 0.6 is 11.6 Å². The van der Waals surface area contributed by atoms with E-state index in [0.29, 0.717) is 5.92 Å². The van der Waals surface area contributed by atoms with Gasteiger partial charge in [-0.3, -0.25) is 4.79 Å². The second-order valence-corrected chi connectivity index (χ2v) is 5.54. The predicted octanol–water partition coefficient (Wildman–Crippen LogP) is 2.84. The summed E-state index contributed by atoms with van der Waals surface area (Å²) in [6.07, 6.45) is 8.99. The maximum absolute atomic E-state index is 11.6. The molecule has 2 nitrogen and oxygen atoms in total. The van der Waals surface area contributed by atoms with Gasteiger partial charge in [-0.1, -0.05) is 19.3 Å². The number of rotatable bonds is 3. The van der Waals surface area contributed by atoms with E-state index in [2.05, 4.69) is 5.32 Å². The molecule has 86 valence electrons. The molecule has 0 spiro atoms. The summed E-state index contributed by atoms with van der Waals surface area (Å²) in [6, 6.07) is 0.223. The molecule has 0 radical (unpaired) electrons. The number of alkyl halides is 1. The molecule has 0 aromatic heterocycles. The van der Waals surface area contributed by atoms with E-state index in [0.717, 1.165) is 19.3 Å². The van der Waals surface area contributed by atoms with Gasteiger partial charge >= 0.3 is 0 Å². The van der Waals surface area contributed by atoms with Crippen LogP contribution < -0.4 is 5.32 Å². The molecule has 0 bridgehead atoms. The van der Waals surface area contributed by atoms with Gasteiger partial charge in [0.25, 0.3) is 0 Å². The van der Waals surface area contributed by atoms with E-state index in [-0.39, 0.29) is 17.3 Å². The van der Waals surface area contributed by atoms with Crippen LogP contribution in [0.4, 0.5) is 0 Å². The molecule has 15 heavy (non-hydrogen) atoms. The molecule has 2 aliphatic carbocycles. The first-order chi connectivity index (χ1) is 7.25. The maximum atomic E-state index is 11.6. The second-order valence-electron chi connectivity index (χ2n) is 4.98. The Morgan fingerprint density at radius 2 is 1.87 bits per heavy atom. The van der Waals surface area contributed by atoms with Gasteiger partial charge in [0.15, 0.2) is 0 Å². The molecule has 0 aromatic rings. The molecule has 0 saturated heterocycles. The molecule has 3 heteroatoms. The van der Waals surface area contributed by atoms with E-state index < -0.39 is 0 Å². The van der Waals surface area contributed by atoms with Crippen molar-refractivity contribution in [3.8, 4) is 0 Å². The van der Waals surface area contributed by atoms with Gasteiger partial charge in [0, 0.05) is 12.5 Å². The Bertz CT molecular complexity index is 228. The zero-order chi connectivity index (χ0) is 10.7. The number of amides is 1. The molecule has 1 amide bonds. The van der Waals surface area contributed by atoms with E-state index in [1.54, 1.807) is 0 Å². The van der Waals surface area contributed by atoms with Crippen LogP contribution in [-0.2, 0) is 4.79 Å². The Hall–Kier alpha value is -0.240. The van der Waals surface area contributed by atoms with Gasteiger partial charge < -0.3 is 5.32 Å². The van der Waals surface area contributed by atoms with E-state index in [1.165, 1.54) is 32.1 Å². The number of carbonyl (C=O) groups excluding carboxylic acids is 1. The Balaban J connectivity index is 1.76. The summed E-state index contributed by atoms with van der Waals surface area (Å²) >= 11 is 6.27. The van der Waals surface area contributed by atoms with Crippen LogP contribution in [0.2, 0.25) is 0 Å². The van der Waals surface area contributed by atoms with Gasteiger partial charge in [0.1, 0.15) is 0 Å². The Kier molecular flexibility index (Phi) is 3.90. The average Bonchev–Trinajstić information content (AvgIpc) is 2.98. The van der Waals surface area contributed by atoms with Crippen molar-refractivity contribution in [3.63, 3.8) is 0 Å². The van der Waals surface area contributed by atoms with Crippen molar-refractivity contribution < 1.29 is 4.79 Å². The van der Waals surface area contributed by atoms with E-state index in [1.807, 2.05) is 0 Å². The van der Waals surface area contributed by atoms with Gasteiger partial charge in [0.2, 0.25) is 5.91 Å². The van der Waals surface area contributed by atoms with Gasteiger partial charge in [0.05, 0.1) is 5.38 Å². The van der Waals surface area contributed by atoms with Crippen LogP contribution in [0.25, 0.3) is 0 Å². The third kappa shape index (κ3) is 3.67. The molecule has 0 aliphatic heterocycles. The fourth-order valence-corrected chi connectivity index (χ4v) is 2.62. The van der Waals surface area contributed by atoms with Gasteiger partial charge in [-0.2, -0.15) is 0 Å². The van der Waals surface area contributed by atoms with Crippen LogP contribution in [0.1, 0.15) is 51.4 Å². The van der Waals surface area contributed by atoms with Crippen LogP contribution in [0, 0.1) is 5.92 Å². The zero-order valence-electron chi connectivity index (χ0n) is 9.18. The molecule has 0 aromatic carbocycles. The van der Waals surface area contributed by atoms with Crippen LogP contribution in [0.3, 0.4) is 0 Å². The van der Waals surface area contributed by atoms with Crippen LogP contribution in [0.15, 0.2) is 0 Å². The van der Waals surface area contributed by atoms with Crippen molar-refractivity contribution >= 4 is 17.5 Å². The van der Waals surface area contributed by atoms with Crippen molar-refractivity contribution in [2.45, 2.75) is 62.8 Å². The van der Waals surface area contributed by atoms with Gasteiger partial charge in [-0.15, -0.1) is 11.6 Å². The van der Waals surface area contributed by atoms with Crippen LogP contribution in [0.5, 0.6) is 0 Å². The molecular formula is C12H20ClNO. The highest BCUT2D eigenvalue weighted by Crippen LogP contribution is 2.32. The Morgan fingerprint density at radius 1 is 1.13 bits per heavy atom. The third-order valence-corrected chi connectivity index (χ3v) is 3.97. The number of nitrogens with one attached hydrogen (secondary N) is 1. The lowest BCUT2D eigenvalue weighted by Gasteiger charge is -2.21. The third-order valence-electron chi connectivity index (χ3n) is 3.45. The first kappa shape index (κ1) is 11.3. The smallest absolute Gasteiger partial charge is 0.220 e. The fraction of sp³-hybridized carbons (Fsp3) is 0.917. The SMILES string of the molecule is O=C(CC1CC1)NC1CCCCCC1Cl. The maximum Gasteiger partial charge on any atom is 0.220 e. The molecule has 2 saturated carbocycles. The standard InChI is InChI=1S/C12H20ClNO/c13-10-4-2-1-3-5-11(10)14-12(15)8-9-6-7-9/h9-11H,1-8H2,(H,14,15).